The number of hydrogen-bond donors (Lipinski definition) is 4. The lowest BCUT2D eigenvalue weighted by Crippen LogP contribution is -2.53. The van der Waals surface area contributed by atoms with Crippen LogP contribution in [0.25, 0.3) is 0 Å². The molecule has 0 aromatic carbocycles. The molecule has 0 fully saturated rings. The predicted molar refractivity (Wildman–Crippen MR) is 71.5 cm³/mol. The molecule has 0 aliphatic rings. The van der Waals surface area contributed by atoms with E-state index in [1.54, 1.807) is 0 Å². The molecule has 0 heterocycles. The maximum absolute atomic E-state index is 9.26. The molecule has 0 spiro atoms. The molecule has 0 radical (unpaired) electrons. The van der Waals surface area contributed by atoms with E-state index in [1.807, 2.05) is 0 Å². The largest absolute Gasteiger partial charge is 0.369 e. The summed E-state index contributed by atoms with van der Waals surface area (Å²) in [6.45, 7) is 0. The highest BCUT2D eigenvalue weighted by atomic mass is 35.6. The zero-order chi connectivity index (χ0) is 13.1. The second kappa shape index (κ2) is 6.50. The summed E-state index contributed by atoms with van der Waals surface area (Å²) in [6.07, 6.45) is -3.17. The van der Waals surface area contributed by atoms with Gasteiger partial charge in [-0.2, -0.15) is 0 Å². The van der Waals surface area contributed by atoms with Gasteiger partial charge < -0.3 is 20.8 Å². The first-order chi connectivity index (χ1) is 6.94. The van der Waals surface area contributed by atoms with Gasteiger partial charge in [-0.05, 0) is 12.2 Å². The monoisotopic (exact) mass is 368 g/mol. The molecule has 0 saturated carbocycles. The molecule has 0 aliphatic heterocycles. The van der Waals surface area contributed by atoms with Gasteiger partial charge in [0.15, 0.2) is 17.6 Å². The van der Waals surface area contributed by atoms with E-state index in [4.69, 9.17) is 69.6 Å². The minimum atomic E-state index is -1.99. The van der Waals surface area contributed by atoms with Gasteiger partial charge in [-0.3, -0.25) is 0 Å². The molecule has 0 aromatic heterocycles. The van der Waals surface area contributed by atoms with E-state index in [2.05, 4.69) is 22.9 Å². The molecule has 0 rings (SSSR count). The summed E-state index contributed by atoms with van der Waals surface area (Å²) in [5.74, 6) is 0. The molecule has 0 amide bonds. The van der Waals surface area contributed by atoms with Crippen molar-refractivity contribution in [1.29, 1.82) is 0 Å². The third-order valence-corrected chi connectivity index (χ3v) is 2.63. The summed E-state index contributed by atoms with van der Waals surface area (Å²) in [4.78, 5) is 0. The summed E-state index contributed by atoms with van der Waals surface area (Å²) >= 11 is 36.7. The molecule has 0 saturated heterocycles. The normalized spacial score (nSPS) is 16.5. The Morgan fingerprint density at radius 1 is 0.875 bits per heavy atom. The van der Waals surface area contributed by atoms with Crippen molar-refractivity contribution in [2.75, 3.05) is 0 Å². The minimum absolute atomic E-state index is 0.252. The summed E-state index contributed by atoms with van der Waals surface area (Å²) in [5.41, 5.74) is 0. The quantitative estimate of drug-likeness (QED) is 0.339. The number of alkyl halides is 6. The number of aliphatic hydroxyl groups excluding tert-OH is 2. The number of thiocarbonyl (C=S) groups is 1. The van der Waals surface area contributed by atoms with Gasteiger partial charge in [0.1, 0.15) is 0 Å². The molecule has 0 aliphatic carbocycles. The van der Waals surface area contributed by atoms with Crippen LogP contribution in [0.4, 0.5) is 0 Å². The molecule has 96 valence electrons. The summed E-state index contributed by atoms with van der Waals surface area (Å²) in [6, 6.07) is 0. The first-order valence-electron chi connectivity index (χ1n) is 3.51. The number of hydrogen-bond acceptors (Lipinski definition) is 3. The highest BCUT2D eigenvalue weighted by Gasteiger charge is 2.34. The smallest absolute Gasteiger partial charge is 0.234 e. The van der Waals surface area contributed by atoms with Crippen molar-refractivity contribution in [3.63, 3.8) is 0 Å². The molecule has 4 nitrogen and oxygen atoms in total. The second-order valence-electron chi connectivity index (χ2n) is 2.51. The van der Waals surface area contributed by atoms with E-state index in [-0.39, 0.29) is 5.11 Å². The van der Waals surface area contributed by atoms with Crippen LogP contribution in [0, 0.1) is 0 Å². The van der Waals surface area contributed by atoms with Crippen LogP contribution in [-0.4, -0.2) is 35.4 Å². The first kappa shape index (κ1) is 17.4. The second-order valence-corrected chi connectivity index (χ2v) is 7.65. The van der Waals surface area contributed by atoms with Gasteiger partial charge in [-0.15, -0.1) is 0 Å². The molecule has 11 heteroatoms. The molecule has 4 N–H and O–H groups in total. The van der Waals surface area contributed by atoms with E-state index in [9.17, 15) is 10.2 Å². The van der Waals surface area contributed by atoms with Crippen LogP contribution in [0.5, 0.6) is 0 Å². The fourth-order valence-electron chi connectivity index (χ4n) is 0.454. The van der Waals surface area contributed by atoms with E-state index < -0.39 is 20.0 Å². The molecule has 2 unspecified atom stereocenters. The fraction of sp³-hybridized carbons (Fsp3) is 0.800. The molecule has 0 aromatic rings. The van der Waals surface area contributed by atoms with Gasteiger partial charge in [0.25, 0.3) is 0 Å². The van der Waals surface area contributed by atoms with E-state index in [1.165, 1.54) is 0 Å². The van der Waals surface area contributed by atoms with Crippen molar-refractivity contribution < 1.29 is 10.2 Å². The van der Waals surface area contributed by atoms with Crippen molar-refractivity contribution in [1.82, 2.24) is 10.6 Å². The van der Waals surface area contributed by atoms with E-state index in [0.29, 0.717) is 0 Å². The average molecular weight is 371 g/mol. The van der Waals surface area contributed by atoms with Crippen LogP contribution >= 0.6 is 81.8 Å². The maximum Gasteiger partial charge on any atom is 0.234 e. The lowest BCUT2D eigenvalue weighted by molar-refractivity contribution is 0.148. The van der Waals surface area contributed by atoms with Crippen LogP contribution in [0.1, 0.15) is 0 Å². The number of halogens is 6. The third kappa shape index (κ3) is 6.93. The molecule has 2 atom stereocenters. The van der Waals surface area contributed by atoms with Gasteiger partial charge >= 0.3 is 0 Å². The maximum atomic E-state index is 9.26. The van der Waals surface area contributed by atoms with Crippen LogP contribution in [0.3, 0.4) is 0 Å². The molecular formula is C5H6Cl6N2O2S. The summed E-state index contributed by atoms with van der Waals surface area (Å²) in [5, 5.41) is 22.6. The fourth-order valence-corrected chi connectivity index (χ4v) is 1.00. The Morgan fingerprint density at radius 2 is 1.12 bits per heavy atom. The first-order valence-corrected chi connectivity index (χ1v) is 6.19. The number of nitrogens with one attached hydrogen (secondary N) is 2. The Kier molecular flexibility index (Phi) is 7.05. The van der Waals surface area contributed by atoms with Crippen molar-refractivity contribution in [2.24, 2.45) is 0 Å². The van der Waals surface area contributed by atoms with Crippen LogP contribution in [-0.2, 0) is 0 Å². The van der Waals surface area contributed by atoms with Gasteiger partial charge in [0, 0.05) is 0 Å². The Labute approximate surface area is 127 Å². The number of aliphatic hydroxyl groups is 2. The Balaban J connectivity index is 4.21. The Hall–Kier alpha value is 1.35. The Bertz CT molecular complexity index is 230. The average Bonchev–Trinajstić information content (AvgIpc) is 1.99. The third-order valence-electron chi connectivity index (χ3n) is 1.16. The lowest BCUT2D eigenvalue weighted by Gasteiger charge is -2.25. The van der Waals surface area contributed by atoms with Crippen molar-refractivity contribution in [2.45, 2.75) is 20.0 Å². The SMILES string of the molecule is OC(NC(=S)NC(O)C(Cl)(Cl)Cl)C(Cl)(Cl)Cl. The van der Waals surface area contributed by atoms with E-state index in [0.717, 1.165) is 0 Å². The topological polar surface area (TPSA) is 64.5 Å². The lowest BCUT2D eigenvalue weighted by atomic mass is 10.6. The highest BCUT2D eigenvalue weighted by molar-refractivity contribution is 7.80. The van der Waals surface area contributed by atoms with Gasteiger partial charge in [0.2, 0.25) is 7.59 Å². The van der Waals surface area contributed by atoms with Crippen molar-refractivity contribution in [3.8, 4) is 0 Å². The standard InChI is InChI=1S/C5H6Cl6N2O2S/c6-4(7,8)1(14)12-3(16)13-2(15)5(9,10)11/h1-2,14-15H,(H2,12,13,16). The minimum Gasteiger partial charge on any atom is -0.369 e. The van der Waals surface area contributed by atoms with Crippen LogP contribution in [0.15, 0.2) is 0 Å². The summed E-state index contributed by atoms with van der Waals surface area (Å²) < 4.78 is -3.98. The van der Waals surface area contributed by atoms with Gasteiger partial charge in [-0.1, -0.05) is 69.6 Å². The molecule has 0 bridgehead atoms. The zero-order valence-electron chi connectivity index (χ0n) is 7.23. The number of rotatable bonds is 2. The predicted octanol–water partition coefficient (Wildman–Crippen LogP) is 1.83. The van der Waals surface area contributed by atoms with Crippen molar-refractivity contribution >= 4 is 86.9 Å². The highest BCUT2D eigenvalue weighted by Crippen LogP contribution is 2.30. The van der Waals surface area contributed by atoms with Gasteiger partial charge in [0.05, 0.1) is 0 Å². The molecule has 16 heavy (non-hydrogen) atoms. The summed E-state index contributed by atoms with van der Waals surface area (Å²) in [7, 11) is 0. The van der Waals surface area contributed by atoms with E-state index >= 15 is 0 Å². The van der Waals surface area contributed by atoms with Crippen LogP contribution < -0.4 is 10.6 Å². The van der Waals surface area contributed by atoms with Crippen LogP contribution in [0.2, 0.25) is 0 Å². The molecular weight excluding hydrogens is 365 g/mol. The van der Waals surface area contributed by atoms with Crippen molar-refractivity contribution in [3.05, 3.63) is 0 Å². The van der Waals surface area contributed by atoms with Gasteiger partial charge in [-0.25, -0.2) is 0 Å². The Morgan fingerprint density at radius 3 is 1.31 bits per heavy atom. The zero-order valence-corrected chi connectivity index (χ0v) is 12.6.